The summed E-state index contributed by atoms with van der Waals surface area (Å²) in [7, 11) is 0. The van der Waals surface area contributed by atoms with E-state index >= 15 is 0 Å². The quantitative estimate of drug-likeness (QED) is 0.648. The third kappa shape index (κ3) is 4.04. The first-order valence-electron chi connectivity index (χ1n) is 5.89. The van der Waals surface area contributed by atoms with Gasteiger partial charge in [0.25, 0.3) is 0 Å². The Morgan fingerprint density at radius 1 is 1.40 bits per heavy atom. The van der Waals surface area contributed by atoms with E-state index in [2.05, 4.69) is 5.32 Å². The van der Waals surface area contributed by atoms with Crippen LogP contribution in [-0.2, 0) is 9.53 Å². The maximum Gasteiger partial charge on any atom is 0.157 e. The van der Waals surface area contributed by atoms with E-state index in [1.165, 1.54) is 12.8 Å². The highest BCUT2D eigenvalue weighted by Gasteiger charge is 2.20. The van der Waals surface area contributed by atoms with E-state index in [-0.39, 0.29) is 5.78 Å². The van der Waals surface area contributed by atoms with Crippen LogP contribution in [0.25, 0.3) is 0 Å². The smallest absolute Gasteiger partial charge is 0.157 e. The van der Waals surface area contributed by atoms with Gasteiger partial charge in [0.2, 0.25) is 0 Å². The van der Waals surface area contributed by atoms with Crippen molar-refractivity contribution in [1.82, 2.24) is 5.32 Å². The van der Waals surface area contributed by atoms with E-state index in [1.54, 1.807) is 6.08 Å². The highest BCUT2D eigenvalue weighted by molar-refractivity contribution is 5.92. The molecule has 0 aliphatic heterocycles. The Labute approximate surface area is 90.9 Å². The summed E-state index contributed by atoms with van der Waals surface area (Å²) >= 11 is 0. The molecule has 0 radical (unpaired) electrons. The number of ketones is 1. The molecule has 0 unspecified atom stereocenters. The second-order valence-corrected chi connectivity index (χ2v) is 4.43. The zero-order valence-electron chi connectivity index (χ0n) is 9.13. The average Bonchev–Trinajstić information content (AvgIpc) is 2.95. The van der Waals surface area contributed by atoms with Crippen molar-refractivity contribution in [1.29, 1.82) is 0 Å². The highest BCUT2D eigenvalue weighted by Crippen LogP contribution is 2.28. The van der Waals surface area contributed by atoms with Crippen molar-refractivity contribution in [2.45, 2.75) is 32.1 Å². The highest BCUT2D eigenvalue weighted by atomic mass is 16.5. The summed E-state index contributed by atoms with van der Waals surface area (Å²) in [6.45, 7) is 2.70. The fourth-order valence-electron chi connectivity index (χ4n) is 1.69. The minimum absolute atomic E-state index is 0.252. The molecule has 0 spiro atoms. The molecule has 0 aromatic carbocycles. The normalized spacial score (nSPS) is 20.5. The Balaban J connectivity index is 1.44. The number of hydrogen-bond acceptors (Lipinski definition) is 3. The lowest BCUT2D eigenvalue weighted by Gasteiger charge is -2.06. The van der Waals surface area contributed by atoms with Crippen LogP contribution in [0, 0.1) is 5.92 Å². The predicted octanol–water partition coefficient (Wildman–Crippen LogP) is 1.64. The maximum absolute atomic E-state index is 10.9. The van der Waals surface area contributed by atoms with Gasteiger partial charge < -0.3 is 10.1 Å². The molecular weight excluding hydrogens is 190 g/mol. The standard InChI is InChI=1S/C12H19NO2/c14-12-5-4-11(8-12)13-6-1-7-15-9-10-2-3-10/h8,10,13H,1-7,9H2. The van der Waals surface area contributed by atoms with E-state index in [1.807, 2.05) is 0 Å². The molecule has 0 heterocycles. The number of rotatable bonds is 7. The summed E-state index contributed by atoms with van der Waals surface area (Å²) in [5.41, 5.74) is 1.10. The van der Waals surface area contributed by atoms with Crippen LogP contribution in [0.3, 0.4) is 0 Å². The van der Waals surface area contributed by atoms with Crippen molar-refractivity contribution in [2.75, 3.05) is 19.8 Å². The number of carbonyl (C=O) groups excluding carboxylic acids is 1. The van der Waals surface area contributed by atoms with Crippen LogP contribution >= 0.6 is 0 Å². The molecule has 0 atom stereocenters. The first-order valence-corrected chi connectivity index (χ1v) is 5.89. The number of carbonyl (C=O) groups is 1. The van der Waals surface area contributed by atoms with Crippen LogP contribution in [0.5, 0.6) is 0 Å². The van der Waals surface area contributed by atoms with E-state index in [9.17, 15) is 4.79 Å². The monoisotopic (exact) mass is 209 g/mol. The zero-order chi connectivity index (χ0) is 10.5. The third-order valence-electron chi connectivity index (χ3n) is 2.84. The van der Waals surface area contributed by atoms with Gasteiger partial charge in [0.15, 0.2) is 5.78 Å². The SMILES string of the molecule is O=C1C=C(NCCCOCC2CC2)CC1. The van der Waals surface area contributed by atoms with Gasteiger partial charge in [-0.1, -0.05) is 0 Å². The van der Waals surface area contributed by atoms with Crippen LogP contribution in [0.4, 0.5) is 0 Å². The molecule has 0 amide bonds. The van der Waals surface area contributed by atoms with Gasteiger partial charge in [-0.15, -0.1) is 0 Å². The van der Waals surface area contributed by atoms with Crippen molar-refractivity contribution in [3.05, 3.63) is 11.8 Å². The molecule has 15 heavy (non-hydrogen) atoms. The molecule has 3 nitrogen and oxygen atoms in total. The van der Waals surface area contributed by atoms with Gasteiger partial charge in [-0.05, 0) is 31.6 Å². The van der Waals surface area contributed by atoms with Crippen molar-refractivity contribution in [2.24, 2.45) is 5.92 Å². The number of hydrogen-bond donors (Lipinski definition) is 1. The average molecular weight is 209 g/mol. The minimum Gasteiger partial charge on any atom is -0.388 e. The topological polar surface area (TPSA) is 38.3 Å². The van der Waals surface area contributed by atoms with E-state index in [0.29, 0.717) is 6.42 Å². The maximum atomic E-state index is 10.9. The summed E-state index contributed by atoms with van der Waals surface area (Å²) in [6, 6.07) is 0. The molecule has 2 aliphatic rings. The predicted molar refractivity (Wildman–Crippen MR) is 58.5 cm³/mol. The van der Waals surface area contributed by atoms with Gasteiger partial charge >= 0.3 is 0 Å². The molecule has 0 saturated heterocycles. The minimum atomic E-state index is 0.252. The molecule has 1 fully saturated rings. The summed E-state index contributed by atoms with van der Waals surface area (Å²) in [5.74, 6) is 1.11. The Hall–Kier alpha value is -0.830. The lowest BCUT2D eigenvalue weighted by atomic mass is 10.3. The van der Waals surface area contributed by atoms with Crippen molar-refractivity contribution >= 4 is 5.78 Å². The van der Waals surface area contributed by atoms with Crippen molar-refractivity contribution in [3.8, 4) is 0 Å². The van der Waals surface area contributed by atoms with E-state index in [0.717, 1.165) is 44.2 Å². The Kier molecular flexibility index (Phi) is 3.78. The second-order valence-electron chi connectivity index (χ2n) is 4.43. The molecule has 2 rings (SSSR count). The second kappa shape index (κ2) is 5.31. The van der Waals surface area contributed by atoms with Gasteiger partial charge in [0.1, 0.15) is 0 Å². The van der Waals surface area contributed by atoms with Crippen molar-refractivity contribution in [3.63, 3.8) is 0 Å². The molecule has 2 aliphatic carbocycles. The molecule has 0 aromatic heterocycles. The largest absolute Gasteiger partial charge is 0.388 e. The Bertz CT molecular complexity index is 256. The fourth-order valence-corrected chi connectivity index (χ4v) is 1.69. The molecule has 84 valence electrons. The third-order valence-corrected chi connectivity index (χ3v) is 2.84. The molecular formula is C12H19NO2. The van der Waals surface area contributed by atoms with E-state index in [4.69, 9.17) is 4.74 Å². The molecule has 1 saturated carbocycles. The molecule has 0 bridgehead atoms. The zero-order valence-corrected chi connectivity index (χ0v) is 9.13. The van der Waals surface area contributed by atoms with Crippen LogP contribution < -0.4 is 5.32 Å². The van der Waals surface area contributed by atoms with Crippen LogP contribution in [0.15, 0.2) is 11.8 Å². The van der Waals surface area contributed by atoms with Crippen LogP contribution in [0.2, 0.25) is 0 Å². The summed E-state index contributed by atoms with van der Waals surface area (Å²) in [6.07, 6.45) is 7.03. The lowest BCUT2D eigenvalue weighted by molar-refractivity contribution is -0.114. The summed E-state index contributed by atoms with van der Waals surface area (Å²) in [5, 5.41) is 3.28. The summed E-state index contributed by atoms with van der Waals surface area (Å²) in [4.78, 5) is 10.9. The lowest BCUT2D eigenvalue weighted by Crippen LogP contribution is -2.15. The Morgan fingerprint density at radius 2 is 2.27 bits per heavy atom. The number of allylic oxidation sites excluding steroid dienone is 2. The first kappa shape index (κ1) is 10.7. The van der Waals surface area contributed by atoms with Crippen LogP contribution in [0.1, 0.15) is 32.1 Å². The fraction of sp³-hybridized carbons (Fsp3) is 0.750. The van der Waals surface area contributed by atoms with Gasteiger partial charge in [-0.3, -0.25) is 4.79 Å². The van der Waals surface area contributed by atoms with Gasteiger partial charge in [-0.2, -0.15) is 0 Å². The first-order chi connectivity index (χ1) is 7.34. The number of nitrogens with one attached hydrogen (secondary N) is 1. The molecule has 0 aromatic rings. The van der Waals surface area contributed by atoms with Gasteiger partial charge in [0, 0.05) is 38.0 Å². The number of ether oxygens (including phenoxy) is 1. The molecule has 1 N–H and O–H groups in total. The van der Waals surface area contributed by atoms with Crippen LogP contribution in [-0.4, -0.2) is 25.5 Å². The van der Waals surface area contributed by atoms with Gasteiger partial charge in [0.05, 0.1) is 0 Å². The molecule has 3 heteroatoms. The van der Waals surface area contributed by atoms with Gasteiger partial charge in [-0.25, -0.2) is 0 Å². The van der Waals surface area contributed by atoms with E-state index < -0.39 is 0 Å². The summed E-state index contributed by atoms with van der Waals surface area (Å²) < 4.78 is 5.52. The van der Waals surface area contributed by atoms with Crippen molar-refractivity contribution < 1.29 is 9.53 Å². The Morgan fingerprint density at radius 3 is 2.93 bits per heavy atom.